The molecule has 4 heteroatoms. The van der Waals surface area contributed by atoms with Crippen molar-refractivity contribution in [1.82, 2.24) is 15.2 Å². The maximum absolute atomic E-state index is 5.42. The number of aromatic nitrogens is 1. The molecule has 3 atom stereocenters. The van der Waals surface area contributed by atoms with Gasteiger partial charge in [-0.15, -0.1) is 0 Å². The van der Waals surface area contributed by atoms with Gasteiger partial charge in [0.25, 0.3) is 0 Å². The van der Waals surface area contributed by atoms with Crippen LogP contribution in [-0.2, 0) is 4.74 Å². The van der Waals surface area contributed by atoms with Crippen LogP contribution in [0.3, 0.4) is 0 Å². The highest BCUT2D eigenvalue weighted by Gasteiger charge is 2.33. The van der Waals surface area contributed by atoms with Crippen molar-refractivity contribution in [2.75, 3.05) is 33.4 Å². The van der Waals surface area contributed by atoms with Crippen molar-refractivity contribution in [3.05, 3.63) is 30.1 Å². The largest absolute Gasteiger partial charge is 0.380 e. The first-order valence-corrected chi connectivity index (χ1v) is 7.26. The van der Waals surface area contributed by atoms with Crippen LogP contribution in [0.5, 0.6) is 0 Å². The van der Waals surface area contributed by atoms with Crippen LogP contribution in [-0.4, -0.2) is 49.3 Å². The van der Waals surface area contributed by atoms with E-state index in [1.807, 2.05) is 18.5 Å². The first-order chi connectivity index (χ1) is 9.34. The summed E-state index contributed by atoms with van der Waals surface area (Å²) in [5.74, 6) is 0.676. The van der Waals surface area contributed by atoms with Gasteiger partial charge in [0.15, 0.2) is 0 Å². The summed E-state index contributed by atoms with van der Waals surface area (Å²) >= 11 is 0. The summed E-state index contributed by atoms with van der Waals surface area (Å²) in [5.41, 5.74) is 1.34. The van der Waals surface area contributed by atoms with Crippen LogP contribution in [0.15, 0.2) is 24.5 Å². The first kappa shape index (κ1) is 13.0. The Morgan fingerprint density at radius 2 is 2.42 bits per heavy atom. The summed E-state index contributed by atoms with van der Waals surface area (Å²) in [6.07, 6.45) is 6.27. The Kier molecular flexibility index (Phi) is 4.11. The third kappa shape index (κ3) is 2.96. The van der Waals surface area contributed by atoms with Gasteiger partial charge in [0, 0.05) is 37.6 Å². The smallest absolute Gasteiger partial charge is 0.0620 e. The topological polar surface area (TPSA) is 37.4 Å². The van der Waals surface area contributed by atoms with Gasteiger partial charge in [-0.2, -0.15) is 0 Å². The molecule has 104 valence electrons. The van der Waals surface area contributed by atoms with E-state index in [1.54, 1.807) is 0 Å². The fraction of sp³-hybridized carbons (Fsp3) is 0.667. The highest BCUT2D eigenvalue weighted by Crippen LogP contribution is 2.35. The van der Waals surface area contributed by atoms with Crippen molar-refractivity contribution in [2.45, 2.75) is 24.9 Å². The predicted molar refractivity (Wildman–Crippen MR) is 74.9 cm³/mol. The van der Waals surface area contributed by atoms with Crippen LogP contribution in [0, 0.1) is 5.92 Å². The Hall–Kier alpha value is -0.970. The molecule has 2 fully saturated rings. The Morgan fingerprint density at radius 1 is 1.47 bits per heavy atom. The van der Waals surface area contributed by atoms with Crippen molar-refractivity contribution >= 4 is 0 Å². The highest BCUT2D eigenvalue weighted by atomic mass is 16.5. The molecule has 2 aliphatic heterocycles. The van der Waals surface area contributed by atoms with Gasteiger partial charge in [0.1, 0.15) is 0 Å². The lowest BCUT2D eigenvalue weighted by atomic mass is 9.94. The van der Waals surface area contributed by atoms with Crippen LogP contribution in [0.4, 0.5) is 0 Å². The molecule has 4 nitrogen and oxygen atoms in total. The molecule has 0 aliphatic carbocycles. The molecule has 0 aromatic carbocycles. The second-order valence-corrected chi connectivity index (χ2v) is 5.73. The van der Waals surface area contributed by atoms with E-state index >= 15 is 0 Å². The SMILES string of the molecule is CN1CC[C@@H](CN[C@@H]2CCOC2)[C@@H]1c1cccnc1. The maximum Gasteiger partial charge on any atom is 0.0620 e. The van der Waals surface area contributed by atoms with Crippen LogP contribution in [0.25, 0.3) is 0 Å². The van der Waals surface area contributed by atoms with Gasteiger partial charge in [-0.1, -0.05) is 6.07 Å². The van der Waals surface area contributed by atoms with Crippen LogP contribution in [0.2, 0.25) is 0 Å². The summed E-state index contributed by atoms with van der Waals surface area (Å²) in [6.45, 7) is 4.04. The number of rotatable bonds is 4. The molecule has 2 aliphatic rings. The molecule has 3 heterocycles. The average Bonchev–Trinajstić information content (AvgIpc) is 3.07. The van der Waals surface area contributed by atoms with E-state index in [4.69, 9.17) is 4.74 Å². The number of ether oxygens (including phenoxy) is 1. The van der Waals surface area contributed by atoms with Crippen LogP contribution < -0.4 is 5.32 Å². The second-order valence-electron chi connectivity index (χ2n) is 5.73. The molecule has 3 rings (SSSR count). The van der Waals surface area contributed by atoms with E-state index in [0.717, 1.165) is 26.2 Å². The number of nitrogens with zero attached hydrogens (tertiary/aromatic N) is 2. The van der Waals surface area contributed by atoms with Gasteiger partial charge in [-0.05, 0) is 44.0 Å². The number of hydrogen-bond acceptors (Lipinski definition) is 4. The standard InChI is InChI=1S/C15H23N3O/c1-18-7-4-13(10-17-14-5-8-19-11-14)15(18)12-3-2-6-16-9-12/h2-3,6,9,13-15,17H,4-5,7-8,10-11H2,1H3/t13-,14+,15-/m0/s1. The fourth-order valence-corrected chi connectivity index (χ4v) is 3.33. The number of hydrogen-bond donors (Lipinski definition) is 1. The normalized spacial score (nSPS) is 31.9. The number of pyridine rings is 1. The zero-order valence-electron chi connectivity index (χ0n) is 11.6. The maximum atomic E-state index is 5.42. The number of likely N-dealkylation sites (tertiary alicyclic amines) is 1. The molecular formula is C15H23N3O. The van der Waals surface area contributed by atoms with Crippen LogP contribution >= 0.6 is 0 Å². The molecule has 2 saturated heterocycles. The fourth-order valence-electron chi connectivity index (χ4n) is 3.33. The van der Waals surface area contributed by atoms with E-state index in [-0.39, 0.29) is 0 Å². The van der Waals surface area contributed by atoms with Gasteiger partial charge >= 0.3 is 0 Å². The summed E-state index contributed by atoms with van der Waals surface area (Å²) in [6, 6.07) is 5.30. The van der Waals surface area contributed by atoms with Crippen molar-refractivity contribution in [1.29, 1.82) is 0 Å². The van der Waals surface area contributed by atoms with Crippen molar-refractivity contribution in [2.24, 2.45) is 5.92 Å². The number of nitrogens with one attached hydrogen (secondary N) is 1. The monoisotopic (exact) mass is 261 g/mol. The molecule has 0 spiro atoms. The highest BCUT2D eigenvalue weighted by molar-refractivity contribution is 5.17. The lowest BCUT2D eigenvalue weighted by Gasteiger charge is -2.26. The van der Waals surface area contributed by atoms with E-state index in [2.05, 4.69) is 28.3 Å². The van der Waals surface area contributed by atoms with Gasteiger partial charge in [0.05, 0.1) is 6.61 Å². The quantitative estimate of drug-likeness (QED) is 0.890. The van der Waals surface area contributed by atoms with E-state index in [0.29, 0.717) is 18.0 Å². The van der Waals surface area contributed by atoms with Gasteiger partial charge in [-0.3, -0.25) is 9.88 Å². The molecule has 0 radical (unpaired) electrons. The Balaban J connectivity index is 1.63. The third-order valence-electron chi connectivity index (χ3n) is 4.40. The van der Waals surface area contributed by atoms with E-state index in [1.165, 1.54) is 18.5 Å². The summed E-state index contributed by atoms with van der Waals surface area (Å²) in [5, 5.41) is 3.67. The van der Waals surface area contributed by atoms with Crippen molar-refractivity contribution in [3.63, 3.8) is 0 Å². The minimum absolute atomic E-state index is 0.503. The molecule has 19 heavy (non-hydrogen) atoms. The Morgan fingerprint density at radius 3 is 3.16 bits per heavy atom. The Labute approximate surface area is 115 Å². The van der Waals surface area contributed by atoms with Crippen LogP contribution in [0.1, 0.15) is 24.4 Å². The molecule has 0 amide bonds. The zero-order valence-corrected chi connectivity index (χ0v) is 11.6. The summed E-state index contributed by atoms with van der Waals surface area (Å²) in [7, 11) is 2.22. The van der Waals surface area contributed by atoms with Crippen molar-refractivity contribution < 1.29 is 4.74 Å². The molecule has 1 N–H and O–H groups in total. The average molecular weight is 261 g/mol. The van der Waals surface area contributed by atoms with E-state index < -0.39 is 0 Å². The molecular weight excluding hydrogens is 238 g/mol. The zero-order chi connectivity index (χ0) is 13.1. The molecule has 1 aromatic rings. The van der Waals surface area contributed by atoms with E-state index in [9.17, 15) is 0 Å². The molecule has 0 saturated carbocycles. The summed E-state index contributed by atoms with van der Waals surface area (Å²) < 4.78 is 5.42. The second kappa shape index (κ2) is 5.99. The van der Waals surface area contributed by atoms with Gasteiger partial charge in [-0.25, -0.2) is 0 Å². The first-order valence-electron chi connectivity index (χ1n) is 7.26. The molecule has 1 aromatic heterocycles. The summed E-state index contributed by atoms with van der Waals surface area (Å²) in [4.78, 5) is 6.72. The third-order valence-corrected chi connectivity index (χ3v) is 4.40. The lowest BCUT2D eigenvalue weighted by molar-refractivity contribution is 0.188. The van der Waals surface area contributed by atoms with Crippen molar-refractivity contribution in [3.8, 4) is 0 Å². The van der Waals surface area contributed by atoms with Gasteiger partial charge in [0.2, 0.25) is 0 Å². The minimum Gasteiger partial charge on any atom is -0.380 e. The molecule has 0 unspecified atom stereocenters. The molecule has 0 bridgehead atoms. The lowest BCUT2D eigenvalue weighted by Crippen LogP contribution is -2.35. The minimum atomic E-state index is 0.503. The van der Waals surface area contributed by atoms with Gasteiger partial charge < -0.3 is 10.1 Å². The Bertz CT molecular complexity index is 392. The predicted octanol–water partition coefficient (Wildman–Crippen LogP) is 1.45.